The van der Waals surface area contributed by atoms with Gasteiger partial charge in [0.25, 0.3) is 0 Å². The van der Waals surface area contributed by atoms with E-state index in [1.54, 1.807) is 6.21 Å². The maximum absolute atomic E-state index is 14.4. The van der Waals surface area contributed by atoms with E-state index in [0.717, 1.165) is 78.9 Å². The van der Waals surface area contributed by atoms with Crippen LogP contribution < -0.4 is 15.6 Å². The number of hydrogen-bond acceptors (Lipinski definition) is 19. The smallest absolute Gasteiger partial charge is 0.330 e. The Hall–Kier alpha value is -8.77. The highest BCUT2D eigenvalue weighted by molar-refractivity contribution is 7.54. The Morgan fingerprint density at radius 3 is 1.25 bits per heavy atom. The molecule has 0 aromatic heterocycles. The fraction of sp³-hybridized carbons (Fsp3) is 0.500. The van der Waals surface area contributed by atoms with Crippen molar-refractivity contribution in [1.82, 2.24) is 0 Å². The van der Waals surface area contributed by atoms with Crippen LogP contribution in [0.5, 0.6) is 0 Å². The third-order valence-corrected chi connectivity index (χ3v) is 27.4. The molecule has 3 heterocycles. The summed E-state index contributed by atoms with van der Waals surface area (Å²) in [5.41, 5.74) is 12.6. The lowest BCUT2D eigenvalue weighted by molar-refractivity contribution is -0.349. The molecule has 5 aromatic rings. The molecular weight excluding hydrogens is 1660 g/mol. The van der Waals surface area contributed by atoms with Crippen LogP contribution in [0.3, 0.4) is 0 Å². The summed E-state index contributed by atoms with van der Waals surface area (Å²) < 4.78 is 78.0. The summed E-state index contributed by atoms with van der Waals surface area (Å²) in [6.07, 6.45) is 27.9. The maximum atomic E-state index is 14.4. The van der Waals surface area contributed by atoms with Gasteiger partial charge >= 0.3 is 58.6 Å². The molecule has 8 rings (SSSR count). The number of hydrogen-bond donors (Lipinski definition) is 9. The van der Waals surface area contributed by atoms with Gasteiger partial charge in [0.15, 0.2) is 5.71 Å². The van der Waals surface area contributed by atoms with E-state index in [1.165, 1.54) is 0 Å². The van der Waals surface area contributed by atoms with E-state index < -0.39 is 69.4 Å². The number of rotatable bonds is 58. The SMILES string of the molecule is C.C(/C=C/Nc1ccccc1)=Nc1ccccc1.CC1=Nc2ccc(C)cc2C1(C)CCP(=O)(OCCCCCC(=O)O)OCCCCCC(=O)O.Cc1ccc2c(c1)C(C)(CCP(=O)(OCCCCCC(=O)O)OCCCCCC(=O)O)C(=CC=CC=CC1=[NH+]c3ccc(C)cc3C1(C)CCP(=O)(OCCCCCC(=O)O)OCCCCCC(=O)O)N2.Cl. The van der Waals surface area contributed by atoms with Gasteiger partial charge in [0.05, 0.1) is 74.9 Å². The molecule has 3 aliphatic heterocycles. The Morgan fingerprint density at radius 1 is 0.444 bits per heavy atom. The van der Waals surface area contributed by atoms with E-state index in [9.17, 15) is 42.5 Å². The van der Waals surface area contributed by atoms with Crippen LogP contribution in [0.15, 0.2) is 174 Å². The lowest BCUT2D eigenvalue weighted by atomic mass is 9.76. The Kier molecular flexibility index (Phi) is 48.9. The van der Waals surface area contributed by atoms with Gasteiger partial charge in [-0.3, -0.25) is 52.4 Å². The number of aliphatic carboxylic acids is 6. The summed E-state index contributed by atoms with van der Waals surface area (Å²) >= 11 is 0. The van der Waals surface area contributed by atoms with Gasteiger partial charge in [-0.05, 0) is 204 Å². The molecule has 9 N–H and O–H groups in total. The molecule has 0 amide bonds. The van der Waals surface area contributed by atoms with Gasteiger partial charge in [-0.2, -0.15) is 0 Å². The average Bonchev–Trinajstić information content (AvgIpc) is 1.62. The molecule has 0 fully saturated rings. The van der Waals surface area contributed by atoms with E-state index in [-0.39, 0.29) is 122 Å². The van der Waals surface area contributed by atoms with Gasteiger partial charge in [-0.15, -0.1) is 12.4 Å². The second-order valence-corrected chi connectivity index (χ2v) is 38.3. The zero-order chi connectivity index (χ0) is 88.9. The second-order valence-electron chi connectivity index (χ2n) is 31.8. The van der Waals surface area contributed by atoms with Crippen LogP contribution >= 0.6 is 35.2 Å². The number of unbranched alkanes of at least 4 members (excludes halogenated alkanes) is 12. The van der Waals surface area contributed by atoms with E-state index in [4.69, 9.17) is 62.8 Å². The van der Waals surface area contributed by atoms with E-state index in [0.29, 0.717) is 135 Å². The van der Waals surface area contributed by atoms with Crippen molar-refractivity contribution in [2.24, 2.45) is 9.98 Å². The summed E-state index contributed by atoms with van der Waals surface area (Å²) in [7, 11) is -10.6. The quantitative estimate of drug-likeness (QED) is 0.00755. The van der Waals surface area contributed by atoms with Crippen molar-refractivity contribution in [2.45, 2.75) is 245 Å². The van der Waals surface area contributed by atoms with Crippen LogP contribution in [0.25, 0.3) is 0 Å². The predicted octanol–water partition coefficient (Wildman–Crippen LogP) is 22.3. The molecule has 0 saturated carbocycles. The van der Waals surface area contributed by atoms with Gasteiger partial charge in [0.2, 0.25) is 5.69 Å². The van der Waals surface area contributed by atoms with Gasteiger partial charge in [0, 0.05) is 102 Å². The minimum absolute atomic E-state index is 0. The highest BCUT2D eigenvalue weighted by Crippen LogP contribution is 2.57. The van der Waals surface area contributed by atoms with Crippen molar-refractivity contribution in [3.05, 3.63) is 197 Å². The van der Waals surface area contributed by atoms with Gasteiger partial charge in [-0.25, -0.2) is 4.99 Å². The van der Waals surface area contributed by atoms with Crippen LogP contribution in [-0.2, 0) is 85.8 Å². The Bertz CT molecular complexity index is 4480. The zero-order valence-electron chi connectivity index (χ0n) is 72.5. The summed E-state index contributed by atoms with van der Waals surface area (Å²) in [6.45, 7) is 15.5. The Balaban J connectivity index is 0.000000496. The molecule has 0 aliphatic carbocycles. The van der Waals surface area contributed by atoms with Crippen LogP contribution in [0.2, 0.25) is 0 Å². The summed E-state index contributed by atoms with van der Waals surface area (Å²) in [5.74, 6) is -5.11. The topological polar surface area (TPSA) is 393 Å². The first-order valence-electron chi connectivity index (χ1n) is 42.7. The lowest BCUT2D eigenvalue weighted by Gasteiger charge is -2.29. The van der Waals surface area contributed by atoms with Crippen molar-refractivity contribution >= 4 is 117 Å². The van der Waals surface area contributed by atoms with Crippen LogP contribution in [-0.4, -0.2) is 142 Å². The van der Waals surface area contributed by atoms with E-state index >= 15 is 0 Å². The third kappa shape index (κ3) is 39.0. The number of carbonyl (C=O) groups is 6. The third-order valence-electron chi connectivity index (χ3n) is 21.6. The maximum Gasteiger partial charge on any atom is 0.330 e. The largest absolute Gasteiger partial charge is 0.481 e. The van der Waals surface area contributed by atoms with E-state index in [1.807, 2.05) is 167 Å². The van der Waals surface area contributed by atoms with Crippen molar-refractivity contribution in [1.29, 1.82) is 0 Å². The zero-order valence-corrected chi connectivity index (χ0v) is 76.0. The minimum Gasteiger partial charge on any atom is -0.481 e. The summed E-state index contributed by atoms with van der Waals surface area (Å²) in [4.78, 5) is 77.9. The first-order chi connectivity index (χ1) is 58.3. The number of benzene rings is 5. The average molecular weight is 1800 g/mol. The molecule has 124 heavy (non-hydrogen) atoms. The molecule has 3 aliphatic rings. The van der Waals surface area contributed by atoms with Crippen molar-refractivity contribution in [3.8, 4) is 0 Å². The van der Waals surface area contributed by atoms with Crippen LogP contribution in [0, 0.1) is 20.8 Å². The van der Waals surface area contributed by atoms with Crippen molar-refractivity contribution in [2.75, 3.05) is 68.8 Å². The Labute approximate surface area is 739 Å². The molecule has 0 radical (unpaired) electrons. The highest BCUT2D eigenvalue weighted by Gasteiger charge is 2.47. The van der Waals surface area contributed by atoms with E-state index in [2.05, 4.69) is 59.6 Å². The number of anilines is 2. The molecule has 0 saturated heterocycles. The standard InChI is InChI=1S/C53H76N2O14P2.C25H38NO7P.C15H14N2.CH4.ClH/c1-40-26-28-44-42(38-40)52(3,30-36-70(64,66-32-16-6-12-22-48(56)57)67-33-17-7-13-23-49(58)59)46(54-44)20-10-5-11-21-47-53(4,43-39-41(2)27-29-45(43)55-47)31-37-71(65,68-34-18-8-14-24-50(60)61)69-35-19-9-15-25-51(62)63;1-19-12-13-22-21(18-19)25(3,20(2)26-22)14-17-34(31,32-15-8-4-6-10-23(27)28)33-16-9-5-7-11-24(29)30;1-3-8-14(9-4-1)16-12-7-13-17-15-10-5-2-6-11-15;;/h5,10-11,20-21,26-29,38-39,54H,6-9,12-19,22-25,30-37H2,1-4H3,(H,56,57)(H,58,59)(H,60,61)(H,62,63);12-13,18H,4-11,14-17H2,1-3H3,(H,27,28)(H,29,30);1-13,16H;1H4;1H/p+1/b;;12-7+,17-13?;;. The first-order valence-corrected chi connectivity index (χ1v) is 47.8. The number of carboxylic acids is 6. The number of nitrogens with zero attached hydrogens (tertiary/aromatic N) is 2. The minimum atomic E-state index is -3.63. The fourth-order valence-corrected chi connectivity index (χ4v) is 19.8. The molecule has 30 heteroatoms. The van der Waals surface area contributed by atoms with Crippen LogP contribution in [0.1, 0.15) is 242 Å². The molecule has 0 bridgehead atoms. The summed E-state index contributed by atoms with van der Waals surface area (Å²) in [6, 6.07) is 38.5. The van der Waals surface area contributed by atoms with Gasteiger partial charge in [0.1, 0.15) is 0 Å². The number of aliphatic imine (C=N–C) groups is 2. The normalized spacial score (nSPS) is 16.8. The lowest BCUT2D eigenvalue weighted by Crippen LogP contribution is -2.65. The number of aryl methyl sites for hydroxylation is 3. The second kappa shape index (κ2) is 56.3. The molecule has 3 unspecified atom stereocenters. The molecular formula is C94H134ClN5O21P3+. The number of para-hydroxylation sites is 2. The highest BCUT2D eigenvalue weighted by atomic mass is 35.5. The summed E-state index contributed by atoms with van der Waals surface area (Å²) in [5, 5.41) is 60.4. The van der Waals surface area contributed by atoms with Gasteiger partial charge in [-0.1, -0.05) is 155 Å². The number of carboxylic acid groups (broad SMARTS) is 6. The first kappa shape index (κ1) is 108. The molecule has 682 valence electrons. The molecule has 3 atom stereocenters. The number of fused-ring (bicyclic) bond motifs is 3. The molecule has 5 aromatic carbocycles. The number of nitrogens with one attached hydrogen (secondary N) is 3. The van der Waals surface area contributed by atoms with Gasteiger partial charge < -0.3 is 68.4 Å². The van der Waals surface area contributed by atoms with Crippen LogP contribution in [0.4, 0.5) is 28.4 Å². The fourth-order valence-electron chi connectivity index (χ4n) is 14.2. The predicted molar refractivity (Wildman–Crippen MR) is 495 cm³/mol. The van der Waals surface area contributed by atoms with Crippen molar-refractivity contribution < 1.29 is 105 Å². The molecule has 26 nitrogen and oxygen atoms in total. The van der Waals surface area contributed by atoms with Crippen molar-refractivity contribution in [3.63, 3.8) is 0 Å². The number of halogens is 1. The monoisotopic (exact) mass is 1800 g/mol. The Morgan fingerprint density at radius 2 is 0.823 bits per heavy atom. The number of allylic oxidation sites excluding steroid dienone is 7. The molecule has 0 spiro atoms.